The summed E-state index contributed by atoms with van der Waals surface area (Å²) in [7, 11) is 0. The highest BCUT2D eigenvalue weighted by Gasteiger charge is 2.17. The predicted molar refractivity (Wildman–Crippen MR) is 241 cm³/mol. The lowest BCUT2D eigenvalue weighted by Gasteiger charge is -2.18. The topological polar surface area (TPSA) is 0 Å². The van der Waals surface area contributed by atoms with Gasteiger partial charge in [-0.05, 0) is 152 Å². The number of rotatable bonds is 5. The summed E-state index contributed by atoms with van der Waals surface area (Å²) >= 11 is 0. The van der Waals surface area contributed by atoms with Crippen LogP contribution in [0.5, 0.6) is 0 Å². The van der Waals surface area contributed by atoms with E-state index >= 15 is 0 Å². The normalized spacial score (nSPS) is 11.6. The average molecular weight is 709 g/mol. The fraction of sp³-hybridized carbons (Fsp3) is 0. The zero-order valence-corrected chi connectivity index (χ0v) is 30.8. The van der Waals surface area contributed by atoms with Crippen LogP contribution in [-0.2, 0) is 0 Å². The van der Waals surface area contributed by atoms with E-state index in [1.165, 1.54) is 109 Å². The molecule has 0 unspecified atom stereocenters. The second-order valence-corrected chi connectivity index (χ2v) is 14.9. The lowest BCUT2D eigenvalue weighted by molar-refractivity contribution is 1.59. The number of benzene rings is 11. The van der Waals surface area contributed by atoms with Gasteiger partial charge in [0.15, 0.2) is 0 Å². The Balaban J connectivity index is 1.15. The SMILES string of the molecule is c1ccc(-c2cc(-c3ccc4c5ccccc5c5ccccc5c4c3)cc3c(-c4ccccc4)cc(-c4cccc(-c5ccc6ccccc6c5)c4)cc23)cc1. The van der Waals surface area contributed by atoms with Gasteiger partial charge in [0.25, 0.3) is 0 Å². The van der Waals surface area contributed by atoms with E-state index in [2.05, 4.69) is 218 Å². The van der Waals surface area contributed by atoms with Crippen LogP contribution in [-0.4, -0.2) is 0 Å². The molecule has 0 fully saturated rings. The van der Waals surface area contributed by atoms with Crippen molar-refractivity contribution < 1.29 is 0 Å². The highest BCUT2D eigenvalue weighted by Crippen LogP contribution is 2.44. The molecule has 0 heterocycles. The molecule has 11 aromatic carbocycles. The van der Waals surface area contributed by atoms with Crippen LogP contribution in [0.2, 0.25) is 0 Å². The van der Waals surface area contributed by atoms with Crippen molar-refractivity contribution in [2.45, 2.75) is 0 Å². The first-order chi connectivity index (χ1) is 27.7. The first kappa shape index (κ1) is 32.2. The molecule has 0 N–H and O–H groups in total. The fourth-order valence-corrected chi connectivity index (χ4v) is 8.84. The second-order valence-electron chi connectivity index (χ2n) is 14.9. The molecule has 11 rings (SSSR count). The van der Waals surface area contributed by atoms with Gasteiger partial charge >= 0.3 is 0 Å². The van der Waals surface area contributed by atoms with Gasteiger partial charge in [0, 0.05) is 0 Å². The Bertz CT molecular complexity index is 3250. The van der Waals surface area contributed by atoms with Crippen LogP contribution in [0.15, 0.2) is 218 Å². The Morgan fingerprint density at radius 3 is 1.14 bits per heavy atom. The number of fused-ring (bicyclic) bond motifs is 8. The molecule has 0 aliphatic rings. The molecule has 0 saturated heterocycles. The molecule has 0 spiro atoms. The van der Waals surface area contributed by atoms with Crippen molar-refractivity contribution in [1.82, 2.24) is 0 Å². The third-order valence-corrected chi connectivity index (χ3v) is 11.6. The summed E-state index contributed by atoms with van der Waals surface area (Å²) in [6.07, 6.45) is 0. The third kappa shape index (κ3) is 5.46. The van der Waals surface area contributed by atoms with Crippen LogP contribution >= 0.6 is 0 Å². The van der Waals surface area contributed by atoms with Crippen molar-refractivity contribution in [3.63, 3.8) is 0 Å². The molecule has 0 atom stereocenters. The third-order valence-electron chi connectivity index (χ3n) is 11.6. The zero-order valence-electron chi connectivity index (χ0n) is 30.8. The Morgan fingerprint density at radius 2 is 0.554 bits per heavy atom. The summed E-state index contributed by atoms with van der Waals surface area (Å²) < 4.78 is 0. The zero-order chi connectivity index (χ0) is 37.0. The van der Waals surface area contributed by atoms with Gasteiger partial charge in [-0.1, -0.05) is 176 Å². The Kier molecular flexibility index (Phi) is 7.60. The van der Waals surface area contributed by atoms with E-state index < -0.39 is 0 Å². The van der Waals surface area contributed by atoms with E-state index in [0.717, 1.165) is 0 Å². The van der Waals surface area contributed by atoms with E-state index in [1.807, 2.05) is 0 Å². The summed E-state index contributed by atoms with van der Waals surface area (Å²) in [6, 6.07) is 80.5. The predicted octanol–water partition coefficient (Wildman–Crippen LogP) is 15.8. The largest absolute Gasteiger partial charge is 0.0622 e. The van der Waals surface area contributed by atoms with Crippen LogP contribution in [0.25, 0.3) is 109 Å². The van der Waals surface area contributed by atoms with E-state index in [-0.39, 0.29) is 0 Å². The van der Waals surface area contributed by atoms with E-state index in [9.17, 15) is 0 Å². The first-order valence-corrected chi connectivity index (χ1v) is 19.4. The van der Waals surface area contributed by atoms with Crippen LogP contribution in [0.1, 0.15) is 0 Å². The standard InChI is InChI=1S/C56H36/c1-3-15-38(16-4-1)52-33-45(42-21-13-20-41(31-42)43-27-26-37-14-7-8-19-40(37)30-43)35-55-53(39-17-5-2-6-18-39)34-46(36-56(52)55)44-28-29-51-49-24-10-9-22-47(49)48-23-11-12-25-50(48)54(51)32-44/h1-36H. The molecule has 56 heavy (non-hydrogen) atoms. The van der Waals surface area contributed by atoms with Crippen LogP contribution in [0.4, 0.5) is 0 Å². The molecule has 11 aromatic rings. The number of hydrogen-bond donors (Lipinski definition) is 0. The Labute approximate surface area is 326 Å². The molecule has 0 aliphatic heterocycles. The van der Waals surface area contributed by atoms with Crippen molar-refractivity contribution in [2.75, 3.05) is 0 Å². The molecule has 0 bridgehead atoms. The van der Waals surface area contributed by atoms with Gasteiger partial charge in [0.2, 0.25) is 0 Å². The average Bonchev–Trinajstić information content (AvgIpc) is 3.28. The van der Waals surface area contributed by atoms with E-state index in [0.29, 0.717) is 0 Å². The van der Waals surface area contributed by atoms with E-state index in [1.54, 1.807) is 0 Å². The van der Waals surface area contributed by atoms with Crippen molar-refractivity contribution in [1.29, 1.82) is 0 Å². The van der Waals surface area contributed by atoms with Crippen LogP contribution in [0, 0.1) is 0 Å². The molecule has 0 amide bonds. The summed E-state index contributed by atoms with van der Waals surface area (Å²) in [4.78, 5) is 0. The van der Waals surface area contributed by atoms with Gasteiger partial charge in [0.1, 0.15) is 0 Å². The van der Waals surface area contributed by atoms with Crippen molar-refractivity contribution >= 4 is 53.9 Å². The number of hydrogen-bond acceptors (Lipinski definition) is 0. The smallest absolute Gasteiger partial charge is 0.00926 e. The molecule has 0 radical (unpaired) electrons. The molecular formula is C56H36. The molecular weight excluding hydrogens is 673 g/mol. The highest BCUT2D eigenvalue weighted by atomic mass is 14.2. The minimum Gasteiger partial charge on any atom is -0.0622 e. The molecule has 0 nitrogen and oxygen atoms in total. The molecule has 0 heteroatoms. The Morgan fingerprint density at radius 1 is 0.161 bits per heavy atom. The quantitative estimate of drug-likeness (QED) is 0.156. The maximum Gasteiger partial charge on any atom is -0.00926 e. The lowest BCUT2D eigenvalue weighted by atomic mass is 9.86. The maximum atomic E-state index is 2.42. The van der Waals surface area contributed by atoms with Crippen molar-refractivity contribution in [3.8, 4) is 55.6 Å². The van der Waals surface area contributed by atoms with Gasteiger partial charge in [-0.25, -0.2) is 0 Å². The maximum absolute atomic E-state index is 2.42. The second kappa shape index (κ2) is 13.2. The minimum atomic E-state index is 1.20. The summed E-state index contributed by atoms with van der Waals surface area (Å²) in [5.74, 6) is 0. The van der Waals surface area contributed by atoms with Crippen molar-refractivity contribution in [2.24, 2.45) is 0 Å². The Hall–Kier alpha value is -7.28. The van der Waals surface area contributed by atoms with E-state index in [4.69, 9.17) is 0 Å². The van der Waals surface area contributed by atoms with Crippen molar-refractivity contribution in [3.05, 3.63) is 218 Å². The van der Waals surface area contributed by atoms with Gasteiger partial charge in [0.05, 0.1) is 0 Å². The minimum absolute atomic E-state index is 1.20. The van der Waals surface area contributed by atoms with Gasteiger partial charge in [-0.3, -0.25) is 0 Å². The molecule has 0 aliphatic carbocycles. The lowest BCUT2D eigenvalue weighted by Crippen LogP contribution is -1.91. The highest BCUT2D eigenvalue weighted by molar-refractivity contribution is 6.26. The van der Waals surface area contributed by atoms with Crippen LogP contribution in [0.3, 0.4) is 0 Å². The molecule has 260 valence electrons. The van der Waals surface area contributed by atoms with Gasteiger partial charge < -0.3 is 0 Å². The fourth-order valence-electron chi connectivity index (χ4n) is 8.84. The van der Waals surface area contributed by atoms with Gasteiger partial charge in [-0.15, -0.1) is 0 Å². The summed E-state index contributed by atoms with van der Waals surface area (Å²) in [5.41, 5.74) is 12.1. The molecule has 0 aromatic heterocycles. The summed E-state index contributed by atoms with van der Waals surface area (Å²) in [6.45, 7) is 0. The summed E-state index contributed by atoms with van der Waals surface area (Å²) in [5, 5.41) is 12.7. The van der Waals surface area contributed by atoms with Gasteiger partial charge in [-0.2, -0.15) is 0 Å². The molecule has 0 saturated carbocycles. The first-order valence-electron chi connectivity index (χ1n) is 19.4. The monoisotopic (exact) mass is 708 g/mol. The van der Waals surface area contributed by atoms with Crippen LogP contribution < -0.4 is 0 Å².